The number of methoxy groups -OCH3 is 1. The highest BCUT2D eigenvalue weighted by Crippen LogP contribution is 2.25. The molecular weight excluding hydrogens is 228 g/mol. The number of aliphatic hydroxyl groups excluding tert-OH is 1. The summed E-state index contributed by atoms with van der Waals surface area (Å²) in [5, 5.41) is 9.77. The fourth-order valence-electron chi connectivity index (χ4n) is 2.22. The number of anilines is 1. The molecule has 1 N–H and O–H groups in total. The Labute approximate surface area is 108 Å². The predicted molar refractivity (Wildman–Crippen MR) is 71.7 cm³/mol. The average Bonchev–Trinajstić information content (AvgIpc) is 2.40. The summed E-state index contributed by atoms with van der Waals surface area (Å²) in [6, 6.07) is 3.79. The van der Waals surface area contributed by atoms with E-state index in [1.165, 1.54) is 5.57 Å². The van der Waals surface area contributed by atoms with Crippen LogP contribution < -0.4 is 4.90 Å². The predicted octanol–water partition coefficient (Wildman–Crippen LogP) is 1.92. The Morgan fingerprint density at radius 1 is 1.56 bits per heavy atom. The largest absolute Gasteiger partial charge is 0.389 e. The lowest BCUT2D eigenvalue weighted by Gasteiger charge is -2.29. The van der Waals surface area contributed by atoms with Gasteiger partial charge >= 0.3 is 0 Å². The summed E-state index contributed by atoms with van der Waals surface area (Å²) in [4.78, 5) is 6.60. The molecule has 98 valence electrons. The van der Waals surface area contributed by atoms with Gasteiger partial charge in [0.2, 0.25) is 0 Å². The molecule has 1 aliphatic heterocycles. The van der Waals surface area contributed by atoms with Crippen LogP contribution in [0.1, 0.15) is 25.0 Å². The van der Waals surface area contributed by atoms with Crippen molar-refractivity contribution in [2.24, 2.45) is 0 Å². The lowest BCUT2D eigenvalue weighted by molar-refractivity contribution is 0.199. The van der Waals surface area contributed by atoms with Crippen molar-refractivity contribution < 1.29 is 9.84 Å². The van der Waals surface area contributed by atoms with Crippen LogP contribution in [0.3, 0.4) is 0 Å². The SMILES string of the molecule is COCC1=CCN(c2ncccc2[C@@H](C)O)CC1. The van der Waals surface area contributed by atoms with E-state index in [2.05, 4.69) is 16.0 Å². The molecule has 0 unspecified atom stereocenters. The van der Waals surface area contributed by atoms with Crippen molar-refractivity contribution in [3.63, 3.8) is 0 Å². The average molecular weight is 248 g/mol. The molecular formula is C14H20N2O2. The van der Waals surface area contributed by atoms with Crippen LogP contribution in [0.15, 0.2) is 30.0 Å². The van der Waals surface area contributed by atoms with E-state index in [9.17, 15) is 5.11 Å². The second-order valence-corrected chi connectivity index (χ2v) is 4.58. The topological polar surface area (TPSA) is 45.6 Å². The first-order chi connectivity index (χ1) is 8.72. The molecule has 2 rings (SSSR count). The maximum atomic E-state index is 9.77. The molecule has 0 saturated carbocycles. The summed E-state index contributed by atoms with van der Waals surface area (Å²) >= 11 is 0. The van der Waals surface area contributed by atoms with Gasteiger partial charge in [0, 0.05) is 32.0 Å². The van der Waals surface area contributed by atoms with E-state index < -0.39 is 6.10 Å². The molecule has 1 atom stereocenters. The number of nitrogens with zero attached hydrogens (tertiary/aromatic N) is 2. The molecule has 1 aromatic rings. The monoisotopic (exact) mass is 248 g/mol. The molecule has 0 amide bonds. The van der Waals surface area contributed by atoms with Crippen LogP contribution in [0.2, 0.25) is 0 Å². The van der Waals surface area contributed by atoms with Crippen LogP contribution in [0.4, 0.5) is 5.82 Å². The Morgan fingerprint density at radius 3 is 3.00 bits per heavy atom. The minimum absolute atomic E-state index is 0.488. The van der Waals surface area contributed by atoms with Crippen molar-refractivity contribution in [1.82, 2.24) is 4.98 Å². The van der Waals surface area contributed by atoms with Gasteiger partial charge in [0.15, 0.2) is 0 Å². The van der Waals surface area contributed by atoms with Crippen molar-refractivity contribution in [2.45, 2.75) is 19.4 Å². The fraction of sp³-hybridized carbons (Fsp3) is 0.500. The maximum absolute atomic E-state index is 9.77. The second kappa shape index (κ2) is 5.98. The van der Waals surface area contributed by atoms with Gasteiger partial charge in [-0.2, -0.15) is 0 Å². The molecule has 4 heteroatoms. The summed E-state index contributed by atoms with van der Waals surface area (Å²) < 4.78 is 5.14. The lowest BCUT2D eigenvalue weighted by Crippen LogP contribution is -2.31. The first-order valence-corrected chi connectivity index (χ1v) is 6.27. The van der Waals surface area contributed by atoms with Gasteiger partial charge in [-0.3, -0.25) is 0 Å². The van der Waals surface area contributed by atoms with Gasteiger partial charge in [0.05, 0.1) is 12.7 Å². The van der Waals surface area contributed by atoms with Gasteiger partial charge in [0.1, 0.15) is 5.82 Å². The third-order valence-corrected chi connectivity index (χ3v) is 3.20. The van der Waals surface area contributed by atoms with E-state index in [1.54, 1.807) is 20.2 Å². The third-order valence-electron chi connectivity index (χ3n) is 3.20. The van der Waals surface area contributed by atoms with Crippen molar-refractivity contribution in [1.29, 1.82) is 0 Å². The summed E-state index contributed by atoms with van der Waals surface area (Å²) in [6.07, 6.45) is 4.46. The van der Waals surface area contributed by atoms with Crippen LogP contribution in [-0.4, -0.2) is 36.9 Å². The van der Waals surface area contributed by atoms with Gasteiger partial charge in [-0.1, -0.05) is 12.1 Å². The first-order valence-electron chi connectivity index (χ1n) is 6.27. The van der Waals surface area contributed by atoms with Crippen molar-refractivity contribution in [3.05, 3.63) is 35.5 Å². The summed E-state index contributed by atoms with van der Waals surface area (Å²) in [7, 11) is 1.72. The normalized spacial score (nSPS) is 17.5. The first kappa shape index (κ1) is 13.1. The van der Waals surface area contributed by atoms with Crippen molar-refractivity contribution in [2.75, 3.05) is 31.7 Å². The Bertz CT molecular complexity index is 430. The maximum Gasteiger partial charge on any atom is 0.134 e. The van der Waals surface area contributed by atoms with Crippen LogP contribution in [-0.2, 0) is 4.74 Å². The highest BCUT2D eigenvalue weighted by Gasteiger charge is 2.17. The minimum atomic E-state index is -0.488. The molecule has 0 aliphatic carbocycles. The number of hydrogen-bond acceptors (Lipinski definition) is 4. The number of aromatic nitrogens is 1. The van der Waals surface area contributed by atoms with Gasteiger partial charge in [-0.05, 0) is 25.0 Å². The van der Waals surface area contributed by atoms with Gasteiger partial charge in [-0.25, -0.2) is 4.98 Å². The van der Waals surface area contributed by atoms with Crippen LogP contribution >= 0.6 is 0 Å². The number of ether oxygens (including phenoxy) is 1. The highest BCUT2D eigenvalue weighted by atomic mass is 16.5. The molecule has 0 bridgehead atoms. The number of pyridine rings is 1. The van der Waals surface area contributed by atoms with E-state index >= 15 is 0 Å². The molecule has 0 spiro atoms. The van der Waals surface area contributed by atoms with Crippen molar-refractivity contribution in [3.8, 4) is 0 Å². The number of hydrogen-bond donors (Lipinski definition) is 1. The number of aliphatic hydroxyl groups is 1. The van der Waals surface area contributed by atoms with E-state index in [-0.39, 0.29) is 0 Å². The zero-order valence-corrected chi connectivity index (χ0v) is 11.0. The van der Waals surface area contributed by atoms with Crippen LogP contribution in [0.5, 0.6) is 0 Å². The Balaban J connectivity index is 2.14. The molecule has 0 radical (unpaired) electrons. The van der Waals surface area contributed by atoms with E-state index in [0.29, 0.717) is 6.61 Å². The van der Waals surface area contributed by atoms with Gasteiger partial charge in [-0.15, -0.1) is 0 Å². The lowest BCUT2D eigenvalue weighted by atomic mass is 10.1. The smallest absolute Gasteiger partial charge is 0.134 e. The van der Waals surface area contributed by atoms with Crippen LogP contribution in [0, 0.1) is 0 Å². The Morgan fingerprint density at radius 2 is 2.39 bits per heavy atom. The quantitative estimate of drug-likeness (QED) is 0.827. The molecule has 18 heavy (non-hydrogen) atoms. The summed E-state index contributed by atoms with van der Waals surface area (Å²) in [5.41, 5.74) is 2.23. The molecule has 1 aliphatic rings. The summed E-state index contributed by atoms with van der Waals surface area (Å²) in [5.74, 6) is 0.889. The zero-order chi connectivity index (χ0) is 13.0. The van der Waals surface area contributed by atoms with E-state index in [1.807, 2.05) is 12.1 Å². The Kier molecular flexibility index (Phi) is 4.33. The van der Waals surface area contributed by atoms with Gasteiger partial charge < -0.3 is 14.7 Å². The molecule has 2 heterocycles. The standard InChI is InChI=1S/C14H20N2O2/c1-11(17)13-4-3-7-15-14(13)16-8-5-12(6-9-16)10-18-2/h3-5,7,11,17H,6,8-10H2,1-2H3/t11-/m1/s1. The number of rotatable bonds is 4. The second-order valence-electron chi connectivity index (χ2n) is 4.58. The zero-order valence-electron chi connectivity index (χ0n) is 11.0. The Hall–Kier alpha value is -1.39. The molecule has 0 saturated heterocycles. The molecule has 0 fully saturated rings. The molecule has 1 aromatic heterocycles. The third kappa shape index (κ3) is 2.89. The summed E-state index contributed by atoms with van der Waals surface area (Å²) in [6.45, 7) is 4.23. The van der Waals surface area contributed by atoms with E-state index in [0.717, 1.165) is 30.9 Å². The van der Waals surface area contributed by atoms with Gasteiger partial charge in [0.25, 0.3) is 0 Å². The minimum Gasteiger partial charge on any atom is -0.389 e. The van der Waals surface area contributed by atoms with Crippen LogP contribution in [0.25, 0.3) is 0 Å². The highest BCUT2D eigenvalue weighted by molar-refractivity contribution is 5.49. The molecule has 0 aromatic carbocycles. The van der Waals surface area contributed by atoms with E-state index in [4.69, 9.17) is 4.74 Å². The molecule has 4 nitrogen and oxygen atoms in total. The van der Waals surface area contributed by atoms with Crippen molar-refractivity contribution >= 4 is 5.82 Å². The fourth-order valence-corrected chi connectivity index (χ4v) is 2.22.